The van der Waals surface area contributed by atoms with Crippen LogP contribution in [0.3, 0.4) is 0 Å². The lowest BCUT2D eigenvalue weighted by molar-refractivity contribution is 0.250. The van der Waals surface area contributed by atoms with Gasteiger partial charge in [-0.05, 0) is 36.2 Å². The number of thioether (sulfide) groups is 1. The van der Waals surface area contributed by atoms with Crippen LogP contribution in [-0.4, -0.2) is 24.0 Å². The minimum atomic E-state index is 0.239. The second kappa shape index (κ2) is 7.98. The maximum atomic E-state index is 9.02. The van der Waals surface area contributed by atoms with Crippen molar-refractivity contribution in [2.24, 2.45) is 5.92 Å². The van der Waals surface area contributed by atoms with Crippen LogP contribution in [0, 0.1) is 5.92 Å². The molecule has 0 aromatic heterocycles. The van der Waals surface area contributed by atoms with Crippen LogP contribution in [-0.2, 0) is 6.54 Å². The van der Waals surface area contributed by atoms with Gasteiger partial charge >= 0.3 is 0 Å². The van der Waals surface area contributed by atoms with E-state index in [1.165, 1.54) is 10.5 Å². The normalized spacial score (nSPS) is 12.7. The van der Waals surface area contributed by atoms with Gasteiger partial charge in [0.25, 0.3) is 0 Å². The highest BCUT2D eigenvalue weighted by atomic mass is 35.5. The van der Waals surface area contributed by atoms with Crippen molar-refractivity contribution in [2.45, 2.75) is 25.3 Å². The molecule has 0 aliphatic carbocycles. The topological polar surface area (TPSA) is 32.3 Å². The fourth-order valence-corrected chi connectivity index (χ4v) is 2.62. The first-order valence-corrected chi connectivity index (χ1v) is 7.26. The number of halogens is 1. The highest BCUT2D eigenvalue weighted by molar-refractivity contribution is 7.99. The van der Waals surface area contributed by atoms with E-state index >= 15 is 0 Å². The fourth-order valence-electron chi connectivity index (χ4n) is 1.37. The summed E-state index contributed by atoms with van der Waals surface area (Å²) in [5, 5.41) is 13.1. The van der Waals surface area contributed by atoms with Crippen molar-refractivity contribution < 1.29 is 5.11 Å². The number of benzene rings is 1. The zero-order valence-corrected chi connectivity index (χ0v) is 11.9. The lowest BCUT2D eigenvalue weighted by Gasteiger charge is -2.12. The van der Waals surface area contributed by atoms with Crippen molar-refractivity contribution in [1.82, 2.24) is 5.32 Å². The number of nitrogens with one attached hydrogen (secondary N) is 1. The summed E-state index contributed by atoms with van der Waals surface area (Å²) >= 11 is 7.79. The Morgan fingerprint density at radius 2 is 2.24 bits per heavy atom. The van der Waals surface area contributed by atoms with Crippen molar-refractivity contribution in [3.8, 4) is 0 Å². The van der Waals surface area contributed by atoms with E-state index in [0.29, 0.717) is 5.92 Å². The van der Waals surface area contributed by atoms with E-state index in [1.54, 1.807) is 11.8 Å². The molecule has 0 aliphatic heterocycles. The van der Waals surface area contributed by atoms with Crippen molar-refractivity contribution in [1.29, 1.82) is 0 Å². The molecule has 1 unspecified atom stereocenters. The minimum absolute atomic E-state index is 0.239. The van der Waals surface area contributed by atoms with Gasteiger partial charge in [0.2, 0.25) is 0 Å². The number of aliphatic hydroxyl groups is 1. The quantitative estimate of drug-likeness (QED) is 0.749. The first-order chi connectivity index (χ1) is 8.17. The minimum Gasteiger partial charge on any atom is -0.396 e. The van der Waals surface area contributed by atoms with Gasteiger partial charge in [0.1, 0.15) is 0 Å². The average molecular weight is 274 g/mol. The third-order valence-corrected chi connectivity index (χ3v) is 4.10. The Hall–Kier alpha value is -0.220. The van der Waals surface area contributed by atoms with Crippen molar-refractivity contribution in [3.05, 3.63) is 28.8 Å². The van der Waals surface area contributed by atoms with Gasteiger partial charge in [-0.2, -0.15) is 0 Å². The lowest BCUT2D eigenvalue weighted by Crippen LogP contribution is -2.12. The van der Waals surface area contributed by atoms with Gasteiger partial charge < -0.3 is 10.4 Å². The Bertz CT molecular complexity index is 346. The van der Waals surface area contributed by atoms with E-state index in [9.17, 15) is 0 Å². The maximum absolute atomic E-state index is 9.02. The molecule has 96 valence electrons. The molecule has 0 heterocycles. The number of hydrogen-bond donors (Lipinski definition) is 2. The molecule has 2 N–H and O–H groups in total. The van der Waals surface area contributed by atoms with Crippen LogP contribution < -0.4 is 5.32 Å². The molecule has 1 atom stereocenters. The largest absolute Gasteiger partial charge is 0.396 e. The van der Waals surface area contributed by atoms with Gasteiger partial charge in [-0.3, -0.25) is 0 Å². The van der Waals surface area contributed by atoms with Crippen LogP contribution in [0.2, 0.25) is 5.02 Å². The molecule has 4 heteroatoms. The molecule has 0 fully saturated rings. The van der Waals surface area contributed by atoms with Crippen molar-refractivity contribution >= 4 is 23.4 Å². The molecular formula is C13H20ClNOS. The van der Waals surface area contributed by atoms with E-state index in [2.05, 4.69) is 18.3 Å². The lowest BCUT2D eigenvalue weighted by atomic mass is 10.2. The van der Waals surface area contributed by atoms with Crippen LogP contribution >= 0.6 is 23.4 Å². The van der Waals surface area contributed by atoms with Crippen molar-refractivity contribution in [2.75, 3.05) is 18.9 Å². The monoisotopic (exact) mass is 273 g/mol. The molecule has 0 radical (unpaired) electrons. The second-order valence-corrected chi connectivity index (χ2v) is 5.63. The Kier molecular flexibility index (Phi) is 6.97. The molecule has 0 saturated carbocycles. The predicted molar refractivity (Wildman–Crippen MR) is 75.8 cm³/mol. The Morgan fingerprint density at radius 1 is 1.47 bits per heavy atom. The zero-order valence-electron chi connectivity index (χ0n) is 10.4. The number of rotatable bonds is 7. The van der Waals surface area contributed by atoms with Gasteiger partial charge in [0.05, 0.1) is 0 Å². The molecule has 0 bridgehead atoms. The molecule has 0 amide bonds. The SMILES string of the molecule is CCNCc1cc(Cl)ccc1SCC(C)CO. The number of hydrogen-bond acceptors (Lipinski definition) is 3. The average Bonchev–Trinajstić information content (AvgIpc) is 2.34. The first-order valence-electron chi connectivity index (χ1n) is 5.90. The van der Waals surface area contributed by atoms with Crippen LogP contribution in [0.15, 0.2) is 23.1 Å². The summed E-state index contributed by atoms with van der Waals surface area (Å²) in [6, 6.07) is 5.99. The van der Waals surface area contributed by atoms with Crippen LogP contribution in [0.1, 0.15) is 19.4 Å². The molecule has 1 rings (SSSR count). The van der Waals surface area contributed by atoms with E-state index < -0.39 is 0 Å². The molecule has 1 aromatic carbocycles. The molecule has 1 aromatic rings. The number of aliphatic hydroxyl groups excluding tert-OH is 1. The first kappa shape index (κ1) is 14.8. The van der Waals surface area contributed by atoms with E-state index in [-0.39, 0.29) is 6.61 Å². The Morgan fingerprint density at radius 3 is 2.88 bits per heavy atom. The van der Waals surface area contributed by atoms with E-state index in [4.69, 9.17) is 16.7 Å². The summed E-state index contributed by atoms with van der Waals surface area (Å²) in [7, 11) is 0. The maximum Gasteiger partial charge on any atom is 0.0464 e. The van der Waals surface area contributed by atoms with Crippen LogP contribution in [0.25, 0.3) is 0 Å². The summed E-state index contributed by atoms with van der Waals surface area (Å²) in [6.45, 7) is 6.16. The zero-order chi connectivity index (χ0) is 12.7. The molecule has 2 nitrogen and oxygen atoms in total. The molecule has 17 heavy (non-hydrogen) atoms. The summed E-state index contributed by atoms with van der Waals surface area (Å²) in [5.41, 5.74) is 1.23. The summed E-state index contributed by atoms with van der Waals surface area (Å²) < 4.78 is 0. The van der Waals surface area contributed by atoms with Crippen molar-refractivity contribution in [3.63, 3.8) is 0 Å². The van der Waals surface area contributed by atoms with Gasteiger partial charge in [-0.15, -0.1) is 11.8 Å². The smallest absolute Gasteiger partial charge is 0.0464 e. The Labute approximate surface area is 113 Å². The third-order valence-electron chi connectivity index (χ3n) is 2.42. The van der Waals surface area contributed by atoms with E-state index in [0.717, 1.165) is 23.9 Å². The fraction of sp³-hybridized carbons (Fsp3) is 0.538. The molecule has 0 aliphatic rings. The summed E-state index contributed by atoms with van der Waals surface area (Å²) in [4.78, 5) is 1.25. The summed E-state index contributed by atoms with van der Waals surface area (Å²) in [6.07, 6.45) is 0. The van der Waals surface area contributed by atoms with Gasteiger partial charge in [0, 0.05) is 28.8 Å². The molecular weight excluding hydrogens is 254 g/mol. The summed E-state index contributed by atoms with van der Waals surface area (Å²) in [5.74, 6) is 1.25. The predicted octanol–water partition coefficient (Wildman–Crippen LogP) is 3.17. The molecule has 0 spiro atoms. The van der Waals surface area contributed by atoms with Gasteiger partial charge in [-0.1, -0.05) is 25.4 Å². The van der Waals surface area contributed by atoms with Crippen LogP contribution in [0.5, 0.6) is 0 Å². The third kappa shape index (κ3) is 5.30. The second-order valence-electron chi connectivity index (χ2n) is 4.13. The van der Waals surface area contributed by atoms with Gasteiger partial charge in [0.15, 0.2) is 0 Å². The molecule has 0 saturated heterocycles. The van der Waals surface area contributed by atoms with E-state index in [1.807, 2.05) is 19.1 Å². The Balaban J connectivity index is 2.68. The highest BCUT2D eigenvalue weighted by Crippen LogP contribution is 2.27. The highest BCUT2D eigenvalue weighted by Gasteiger charge is 2.06. The van der Waals surface area contributed by atoms with Crippen LogP contribution in [0.4, 0.5) is 0 Å². The van der Waals surface area contributed by atoms with Gasteiger partial charge in [-0.25, -0.2) is 0 Å². The standard InChI is InChI=1S/C13H20ClNOS/c1-3-15-7-11-6-12(14)4-5-13(11)17-9-10(2)8-16/h4-6,10,15-16H,3,7-9H2,1-2H3.